The van der Waals surface area contributed by atoms with Crippen LogP contribution in [-0.2, 0) is 6.61 Å². The average molecular weight is 319 g/mol. The van der Waals surface area contributed by atoms with Gasteiger partial charge in [0.15, 0.2) is 11.5 Å². The molecule has 0 aliphatic heterocycles. The Morgan fingerprint density at radius 3 is 2.84 bits per heavy atom. The van der Waals surface area contributed by atoms with Gasteiger partial charge in [-0.2, -0.15) is 0 Å². The fourth-order valence-electron chi connectivity index (χ4n) is 1.77. The largest absolute Gasteiger partial charge is 0.483 e. The van der Waals surface area contributed by atoms with E-state index in [2.05, 4.69) is 26.1 Å². The normalized spacial score (nSPS) is 10.8. The molecule has 2 heterocycles. The van der Waals surface area contributed by atoms with Gasteiger partial charge < -0.3 is 10.5 Å². The Morgan fingerprint density at radius 1 is 1.16 bits per heavy atom. The van der Waals surface area contributed by atoms with Crippen molar-refractivity contribution in [2.24, 2.45) is 0 Å². The minimum atomic E-state index is 0.311. The quantitative estimate of drug-likeness (QED) is 0.754. The van der Waals surface area contributed by atoms with E-state index in [-0.39, 0.29) is 0 Å². The first kappa shape index (κ1) is 12.0. The van der Waals surface area contributed by atoms with Crippen molar-refractivity contribution in [3.63, 3.8) is 0 Å². The minimum absolute atomic E-state index is 0.311. The summed E-state index contributed by atoms with van der Waals surface area (Å²) in [6.45, 7) is 0.311. The van der Waals surface area contributed by atoms with Gasteiger partial charge in [-0.1, -0.05) is 12.1 Å². The number of anilines is 1. The number of ether oxygens (including phenoxy) is 1. The van der Waals surface area contributed by atoms with Gasteiger partial charge in [0.25, 0.3) is 0 Å². The number of pyridine rings is 1. The summed E-state index contributed by atoms with van der Waals surface area (Å²) >= 11 is 3.42. The first-order valence-electron chi connectivity index (χ1n) is 5.70. The Balaban J connectivity index is 1.86. The highest BCUT2D eigenvalue weighted by Gasteiger charge is 2.07. The SMILES string of the molecule is Nc1ccccc1OCc1nnc2ccc(Br)cn12. The molecule has 0 unspecified atom stereocenters. The van der Waals surface area contributed by atoms with Crippen LogP contribution in [0.2, 0.25) is 0 Å². The van der Waals surface area contributed by atoms with Crippen LogP contribution in [0.3, 0.4) is 0 Å². The molecular formula is C13H11BrN4O. The second-order valence-electron chi connectivity index (χ2n) is 4.02. The fourth-order valence-corrected chi connectivity index (χ4v) is 2.10. The third-order valence-corrected chi connectivity index (χ3v) is 3.18. The molecule has 1 aromatic carbocycles. The van der Waals surface area contributed by atoms with E-state index in [1.165, 1.54) is 0 Å². The van der Waals surface area contributed by atoms with Crippen molar-refractivity contribution < 1.29 is 4.74 Å². The molecule has 3 rings (SSSR count). The van der Waals surface area contributed by atoms with Crippen molar-refractivity contribution in [1.82, 2.24) is 14.6 Å². The average Bonchev–Trinajstić information content (AvgIpc) is 2.80. The molecule has 0 saturated heterocycles. The van der Waals surface area contributed by atoms with Gasteiger partial charge >= 0.3 is 0 Å². The Kier molecular flexibility index (Phi) is 3.08. The number of nitrogens with two attached hydrogens (primary N) is 1. The van der Waals surface area contributed by atoms with E-state index in [0.29, 0.717) is 18.0 Å². The maximum atomic E-state index is 5.82. The first-order valence-corrected chi connectivity index (χ1v) is 6.50. The molecule has 2 aromatic heterocycles. The molecule has 19 heavy (non-hydrogen) atoms. The van der Waals surface area contributed by atoms with Crippen molar-refractivity contribution >= 4 is 27.3 Å². The molecular weight excluding hydrogens is 308 g/mol. The molecule has 0 aliphatic carbocycles. The van der Waals surface area contributed by atoms with Crippen LogP contribution >= 0.6 is 15.9 Å². The summed E-state index contributed by atoms with van der Waals surface area (Å²) < 4.78 is 8.50. The van der Waals surface area contributed by atoms with Gasteiger partial charge in [0.2, 0.25) is 0 Å². The van der Waals surface area contributed by atoms with E-state index in [9.17, 15) is 0 Å². The number of nitrogen functional groups attached to an aromatic ring is 1. The number of hydrogen-bond donors (Lipinski definition) is 1. The van der Waals surface area contributed by atoms with E-state index in [4.69, 9.17) is 10.5 Å². The topological polar surface area (TPSA) is 65.4 Å². The Bertz CT molecular complexity index is 725. The summed E-state index contributed by atoms with van der Waals surface area (Å²) in [5.41, 5.74) is 7.21. The van der Waals surface area contributed by atoms with Crippen LogP contribution in [0, 0.1) is 0 Å². The summed E-state index contributed by atoms with van der Waals surface area (Å²) in [6.07, 6.45) is 1.91. The van der Waals surface area contributed by atoms with E-state index in [0.717, 1.165) is 15.9 Å². The van der Waals surface area contributed by atoms with E-state index in [1.54, 1.807) is 6.07 Å². The van der Waals surface area contributed by atoms with Gasteiger partial charge in [0, 0.05) is 10.7 Å². The summed E-state index contributed by atoms with van der Waals surface area (Å²) in [7, 11) is 0. The van der Waals surface area contributed by atoms with Crippen LogP contribution in [0.15, 0.2) is 47.1 Å². The predicted molar refractivity (Wildman–Crippen MR) is 75.9 cm³/mol. The van der Waals surface area contributed by atoms with Gasteiger partial charge in [-0.15, -0.1) is 10.2 Å². The van der Waals surface area contributed by atoms with Crippen molar-refractivity contribution in [1.29, 1.82) is 0 Å². The molecule has 3 aromatic rings. The highest BCUT2D eigenvalue weighted by atomic mass is 79.9. The Labute approximate surface area is 118 Å². The summed E-state index contributed by atoms with van der Waals surface area (Å²) in [6, 6.07) is 11.2. The van der Waals surface area contributed by atoms with Crippen LogP contribution < -0.4 is 10.5 Å². The number of fused-ring (bicyclic) bond motifs is 1. The zero-order valence-electron chi connectivity index (χ0n) is 9.95. The molecule has 2 N–H and O–H groups in total. The molecule has 0 bridgehead atoms. The molecule has 0 fully saturated rings. The maximum Gasteiger partial charge on any atom is 0.175 e. The van der Waals surface area contributed by atoms with Crippen molar-refractivity contribution in [2.45, 2.75) is 6.61 Å². The fraction of sp³-hybridized carbons (Fsp3) is 0.0769. The van der Waals surface area contributed by atoms with Crippen LogP contribution in [0.5, 0.6) is 5.75 Å². The lowest BCUT2D eigenvalue weighted by atomic mass is 10.3. The third-order valence-electron chi connectivity index (χ3n) is 2.71. The lowest BCUT2D eigenvalue weighted by molar-refractivity contribution is 0.296. The number of benzene rings is 1. The predicted octanol–water partition coefficient (Wildman–Crippen LogP) is 2.65. The highest BCUT2D eigenvalue weighted by molar-refractivity contribution is 9.10. The smallest absolute Gasteiger partial charge is 0.175 e. The molecule has 0 aliphatic rings. The van der Waals surface area contributed by atoms with Crippen LogP contribution in [-0.4, -0.2) is 14.6 Å². The van der Waals surface area contributed by atoms with Gasteiger partial charge in [0.1, 0.15) is 12.4 Å². The Hall–Kier alpha value is -2.08. The summed E-state index contributed by atoms with van der Waals surface area (Å²) in [5, 5.41) is 8.18. The maximum absolute atomic E-state index is 5.82. The standard InChI is InChI=1S/C13H11BrN4O/c14-9-5-6-12-16-17-13(18(12)7-9)8-19-11-4-2-1-3-10(11)15/h1-7H,8,15H2. The number of halogens is 1. The van der Waals surface area contributed by atoms with Crippen molar-refractivity contribution in [3.8, 4) is 5.75 Å². The van der Waals surface area contributed by atoms with Crippen molar-refractivity contribution in [2.75, 3.05) is 5.73 Å². The van der Waals surface area contributed by atoms with Crippen LogP contribution in [0.25, 0.3) is 5.65 Å². The number of hydrogen-bond acceptors (Lipinski definition) is 4. The number of para-hydroxylation sites is 2. The molecule has 96 valence electrons. The van der Waals surface area contributed by atoms with Gasteiger partial charge in [-0.3, -0.25) is 4.40 Å². The zero-order valence-corrected chi connectivity index (χ0v) is 11.5. The molecule has 6 heteroatoms. The second kappa shape index (κ2) is 4.89. The zero-order chi connectivity index (χ0) is 13.2. The van der Waals surface area contributed by atoms with E-state index in [1.807, 2.05) is 40.9 Å². The van der Waals surface area contributed by atoms with Crippen LogP contribution in [0.1, 0.15) is 5.82 Å². The first-order chi connectivity index (χ1) is 9.24. The lowest BCUT2D eigenvalue weighted by Gasteiger charge is -2.07. The number of aromatic nitrogens is 3. The summed E-state index contributed by atoms with van der Waals surface area (Å²) in [5.74, 6) is 1.37. The van der Waals surface area contributed by atoms with E-state index >= 15 is 0 Å². The molecule has 0 radical (unpaired) electrons. The van der Waals surface area contributed by atoms with Gasteiger partial charge in [-0.05, 0) is 40.2 Å². The Morgan fingerprint density at radius 2 is 2.00 bits per heavy atom. The monoisotopic (exact) mass is 318 g/mol. The van der Waals surface area contributed by atoms with Crippen LogP contribution in [0.4, 0.5) is 5.69 Å². The molecule has 5 nitrogen and oxygen atoms in total. The van der Waals surface area contributed by atoms with Crippen molar-refractivity contribution in [3.05, 3.63) is 52.9 Å². The molecule has 0 amide bonds. The lowest BCUT2D eigenvalue weighted by Crippen LogP contribution is -2.03. The van der Waals surface area contributed by atoms with E-state index < -0.39 is 0 Å². The second-order valence-corrected chi connectivity index (χ2v) is 4.93. The number of rotatable bonds is 3. The third kappa shape index (κ3) is 2.39. The summed E-state index contributed by atoms with van der Waals surface area (Å²) in [4.78, 5) is 0. The minimum Gasteiger partial charge on any atom is -0.483 e. The highest BCUT2D eigenvalue weighted by Crippen LogP contribution is 2.21. The molecule has 0 atom stereocenters. The van der Waals surface area contributed by atoms with Gasteiger partial charge in [-0.25, -0.2) is 0 Å². The number of nitrogens with zero attached hydrogens (tertiary/aromatic N) is 3. The molecule has 0 saturated carbocycles. The van der Waals surface area contributed by atoms with Gasteiger partial charge in [0.05, 0.1) is 5.69 Å². The molecule has 0 spiro atoms.